The first-order valence-corrected chi connectivity index (χ1v) is 7.63. The van der Waals surface area contributed by atoms with E-state index in [-0.39, 0.29) is 0 Å². The number of hydrogen-bond acceptors (Lipinski definition) is 3. The number of rotatable bonds is 5. The number of benzene rings is 1. The standard InChI is InChI=1S/C17H19ClN2O/c1-11-3-4-14(18)9-16(11)21-17-8-13(7-12(2)20-17)10-19-15-5-6-15/h3-4,7-9,15,19H,5-6,10H2,1-2H3. The van der Waals surface area contributed by atoms with E-state index in [0.29, 0.717) is 16.9 Å². The number of nitrogens with zero attached hydrogens (tertiary/aromatic N) is 1. The molecule has 1 saturated carbocycles. The van der Waals surface area contributed by atoms with Crippen molar-refractivity contribution in [3.63, 3.8) is 0 Å². The highest BCUT2D eigenvalue weighted by Gasteiger charge is 2.20. The molecule has 0 saturated heterocycles. The van der Waals surface area contributed by atoms with Crippen LogP contribution in [0.4, 0.5) is 0 Å². The minimum absolute atomic E-state index is 0.618. The molecule has 4 heteroatoms. The first-order chi connectivity index (χ1) is 10.1. The lowest BCUT2D eigenvalue weighted by Crippen LogP contribution is -2.15. The third-order valence-electron chi connectivity index (χ3n) is 3.53. The second-order valence-corrected chi connectivity index (χ2v) is 6.06. The predicted octanol–water partition coefficient (Wildman–Crippen LogP) is 4.40. The highest BCUT2D eigenvalue weighted by molar-refractivity contribution is 6.30. The predicted molar refractivity (Wildman–Crippen MR) is 85.1 cm³/mol. The van der Waals surface area contributed by atoms with Crippen LogP contribution in [0.2, 0.25) is 5.02 Å². The normalized spacial score (nSPS) is 14.2. The van der Waals surface area contributed by atoms with Crippen LogP contribution in [0.1, 0.15) is 29.7 Å². The first kappa shape index (κ1) is 14.4. The van der Waals surface area contributed by atoms with Crippen LogP contribution in [0.3, 0.4) is 0 Å². The van der Waals surface area contributed by atoms with E-state index >= 15 is 0 Å². The Bertz CT molecular complexity index is 653. The van der Waals surface area contributed by atoms with Crippen molar-refractivity contribution < 1.29 is 4.74 Å². The van der Waals surface area contributed by atoms with E-state index in [1.54, 1.807) is 0 Å². The molecule has 1 aliphatic rings. The van der Waals surface area contributed by atoms with Crippen LogP contribution in [0, 0.1) is 13.8 Å². The van der Waals surface area contributed by atoms with Gasteiger partial charge in [0, 0.05) is 29.4 Å². The van der Waals surface area contributed by atoms with E-state index in [9.17, 15) is 0 Å². The summed E-state index contributed by atoms with van der Waals surface area (Å²) in [6.07, 6.45) is 2.57. The van der Waals surface area contributed by atoms with Gasteiger partial charge >= 0.3 is 0 Å². The molecule has 3 nitrogen and oxygen atoms in total. The average Bonchev–Trinajstić information content (AvgIpc) is 3.24. The van der Waals surface area contributed by atoms with Crippen molar-refractivity contribution in [1.82, 2.24) is 10.3 Å². The van der Waals surface area contributed by atoms with Gasteiger partial charge in [0.05, 0.1) is 0 Å². The van der Waals surface area contributed by atoms with E-state index < -0.39 is 0 Å². The van der Waals surface area contributed by atoms with Crippen molar-refractivity contribution in [1.29, 1.82) is 0 Å². The Labute approximate surface area is 130 Å². The highest BCUT2D eigenvalue weighted by atomic mass is 35.5. The lowest BCUT2D eigenvalue weighted by atomic mass is 10.2. The summed E-state index contributed by atoms with van der Waals surface area (Å²) in [5.41, 5.74) is 3.20. The second-order valence-electron chi connectivity index (χ2n) is 5.62. The van der Waals surface area contributed by atoms with E-state index in [1.165, 1.54) is 18.4 Å². The molecule has 1 aliphatic carbocycles. The maximum absolute atomic E-state index is 6.03. The maximum atomic E-state index is 6.03. The molecule has 1 aromatic heterocycles. The first-order valence-electron chi connectivity index (χ1n) is 7.25. The summed E-state index contributed by atoms with van der Waals surface area (Å²) in [5, 5.41) is 4.17. The van der Waals surface area contributed by atoms with Crippen LogP contribution in [-0.2, 0) is 6.54 Å². The molecule has 0 unspecified atom stereocenters. The zero-order chi connectivity index (χ0) is 14.8. The molecular formula is C17H19ClN2O. The largest absolute Gasteiger partial charge is 0.439 e. The number of ether oxygens (including phenoxy) is 1. The molecule has 1 heterocycles. The molecule has 0 spiro atoms. The Kier molecular flexibility index (Phi) is 4.13. The number of pyridine rings is 1. The summed E-state index contributed by atoms with van der Waals surface area (Å²) in [7, 11) is 0. The van der Waals surface area contributed by atoms with E-state index in [4.69, 9.17) is 16.3 Å². The third-order valence-corrected chi connectivity index (χ3v) is 3.76. The summed E-state index contributed by atoms with van der Waals surface area (Å²) in [6, 6.07) is 10.4. The third kappa shape index (κ3) is 3.96. The lowest BCUT2D eigenvalue weighted by molar-refractivity contribution is 0.457. The summed E-state index contributed by atoms with van der Waals surface area (Å²) in [5.74, 6) is 1.37. The molecule has 0 bridgehead atoms. The van der Waals surface area contributed by atoms with Crippen LogP contribution < -0.4 is 10.1 Å². The van der Waals surface area contributed by atoms with E-state index in [2.05, 4.69) is 16.4 Å². The van der Waals surface area contributed by atoms with Crippen molar-refractivity contribution >= 4 is 11.6 Å². The smallest absolute Gasteiger partial charge is 0.219 e. The molecule has 0 atom stereocenters. The fourth-order valence-electron chi connectivity index (χ4n) is 2.21. The molecule has 1 aromatic carbocycles. The van der Waals surface area contributed by atoms with Gasteiger partial charge in [0.25, 0.3) is 0 Å². The van der Waals surface area contributed by atoms with Crippen LogP contribution in [0.25, 0.3) is 0 Å². The SMILES string of the molecule is Cc1cc(CNC2CC2)cc(Oc2cc(Cl)ccc2C)n1. The summed E-state index contributed by atoms with van der Waals surface area (Å²) < 4.78 is 5.91. The molecular weight excluding hydrogens is 284 g/mol. The molecule has 3 rings (SSSR count). The van der Waals surface area contributed by atoms with Crippen molar-refractivity contribution in [3.05, 3.63) is 52.2 Å². The van der Waals surface area contributed by atoms with Gasteiger partial charge in [-0.3, -0.25) is 0 Å². The maximum Gasteiger partial charge on any atom is 0.219 e. The van der Waals surface area contributed by atoms with Gasteiger partial charge in [0.15, 0.2) is 0 Å². The molecule has 0 radical (unpaired) electrons. The van der Waals surface area contributed by atoms with Crippen molar-refractivity contribution in [3.8, 4) is 11.6 Å². The minimum atomic E-state index is 0.618. The zero-order valence-electron chi connectivity index (χ0n) is 12.3. The molecule has 0 aliphatic heterocycles. The van der Waals surface area contributed by atoms with Gasteiger partial charge in [0.1, 0.15) is 5.75 Å². The fourth-order valence-corrected chi connectivity index (χ4v) is 2.37. The quantitative estimate of drug-likeness (QED) is 0.889. The highest BCUT2D eigenvalue weighted by Crippen LogP contribution is 2.28. The minimum Gasteiger partial charge on any atom is -0.439 e. The molecule has 1 N–H and O–H groups in total. The second kappa shape index (κ2) is 6.04. The fraction of sp³-hybridized carbons (Fsp3) is 0.353. The van der Waals surface area contributed by atoms with Gasteiger partial charge in [-0.2, -0.15) is 0 Å². The van der Waals surface area contributed by atoms with Gasteiger partial charge in [-0.05, 0) is 56.0 Å². The Morgan fingerprint density at radius 3 is 2.81 bits per heavy atom. The Balaban J connectivity index is 1.78. The van der Waals surface area contributed by atoms with Gasteiger partial charge < -0.3 is 10.1 Å². The summed E-state index contributed by atoms with van der Waals surface area (Å²) in [4.78, 5) is 4.45. The van der Waals surface area contributed by atoms with Crippen LogP contribution in [0.5, 0.6) is 11.6 Å². The topological polar surface area (TPSA) is 34.1 Å². The van der Waals surface area contributed by atoms with Crippen molar-refractivity contribution in [2.45, 2.75) is 39.3 Å². The van der Waals surface area contributed by atoms with Crippen LogP contribution in [-0.4, -0.2) is 11.0 Å². The van der Waals surface area contributed by atoms with Crippen molar-refractivity contribution in [2.75, 3.05) is 0 Å². The lowest BCUT2D eigenvalue weighted by Gasteiger charge is -2.11. The number of halogens is 1. The molecule has 0 amide bonds. The number of aryl methyl sites for hydroxylation is 2. The molecule has 2 aromatic rings. The Morgan fingerprint density at radius 1 is 1.24 bits per heavy atom. The van der Waals surface area contributed by atoms with Crippen LogP contribution in [0.15, 0.2) is 30.3 Å². The average molecular weight is 303 g/mol. The number of hydrogen-bond donors (Lipinski definition) is 1. The zero-order valence-corrected chi connectivity index (χ0v) is 13.1. The Morgan fingerprint density at radius 2 is 2.05 bits per heavy atom. The van der Waals surface area contributed by atoms with Gasteiger partial charge in [0.2, 0.25) is 5.88 Å². The van der Waals surface area contributed by atoms with Gasteiger partial charge in [-0.15, -0.1) is 0 Å². The number of nitrogens with one attached hydrogen (secondary N) is 1. The van der Waals surface area contributed by atoms with Gasteiger partial charge in [-0.1, -0.05) is 17.7 Å². The van der Waals surface area contributed by atoms with Gasteiger partial charge in [-0.25, -0.2) is 4.98 Å². The van der Waals surface area contributed by atoms with E-state index in [0.717, 1.165) is 23.6 Å². The monoisotopic (exact) mass is 302 g/mol. The van der Waals surface area contributed by atoms with Crippen LogP contribution >= 0.6 is 11.6 Å². The summed E-state index contributed by atoms with van der Waals surface area (Å²) in [6.45, 7) is 4.84. The summed E-state index contributed by atoms with van der Waals surface area (Å²) >= 11 is 6.03. The van der Waals surface area contributed by atoms with E-state index in [1.807, 2.05) is 38.1 Å². The molecule has 110 valence electrons. The molecule has 1 fully saturated rings. The Hall–Kier alpha value is -1.58. The number of aromatic nitrogens is 1. The molecule has 21 heavy (non-hydrogen) atoms. The van der Waals surface area contributed by atoms with Crippen molar-refractivity contribution in [2.24, 2.45) is 0 Å².